The Bertz CT molecular complexity index is 422. The van der Waals surface area contributed by atoms with E-state index in [1.807, 2.05) is 0 Å². The standard InChI is InChI=1S/C11H14F2N2O2/c1-6-3-7(11(12)13)8(4-10(16)17-2)15-9(6)5-14/h3,11H,4-5,14H2,1-2H3. The maximum atomic E-state index is 12.8. The van der Waals surface area contributed by atoms with Crippen molar-refractivity contribution in [2.45, 2.75) is 26.3 Å². The number of nitrogens with zero attached hydrogens (tertiary/aromatic N) is 1. The first-order valence-electron chi connectivity index (χ1n) is 5.04. The molecule has 0 unspecified atom stereocenters. The predicted molar refractivity (Wildman–Crippen MR) is 57.5 cm³/mol. The van der Waals surface area contributed by atoms with E-state index in [-0.39, 0.29) is 24.2 Å². The van der Waals surface area contributed by atoms with Crippen LogP contribution in [0.1, 0.15) is 28.9 Å². The number of hydrogen-bond acceptors (Lipinski definition) is 4. The van der Waals surface area contributed by atoms with Gasteiger partial charge in [-0.2, -0.15) is 0 Å². The van der Waals surface area contributed by atoms with Crippen LogP contribution in [0.2, 0.25) is 0 Å². The summed E-state index contributed by atoms with van der Waals surface area (Å²) in [6, 6.07) is 1.32. The molecule has 6 heteroatoms. The summed E-state index contributed by atoms with van der Waals surface area (Å²) >= 11 is 0. The van der Waals surface area contributed by atoms with Gasteiger partial charge < -0.3 is 10.5 Å². The van der Waals surface area contributed by atoms with Crippen LogP contribution in [0.5, 0.6) is 0 Å². The zero-order chi connectivity index (χ0) is 13.0. The van der Waals surface area contributed by atoms with Gasteiger partial charge in [0.2, 0.25) is 0 Å². The molecule has 0 radical (unpaired) electrons. The first-order chi connectivity index (χ1) is 7.99. The van der Waals surface area contributed by atoms with Crippen LogP contribution < -0.4 is 5.73 Å². The molecule has 0 fully saturated rings. The third-order valence-corrected chi connectivity index (χ3v) is 2.40. The van der Waals surface area contributed by atoms with Gasteiger partial charge in [0.15, 0.2) is 0 Å². The number of carbonyl (C=O) groups is 1. The van der Waals surface area contributed by atoms with Crippen molar-refractivity contribution in [2.75, 3.05) is 7.11 Å². The average Bonchev–Trinajstić information content (AvgIpc) is 2.30. The molecule has 1 rings (SSSR count). The van der Waals surface area contributed by atoms with Crippen molar-refractivity contribution >= 4 is 5.97 Å². The van der Waals surface area contributed by atoms with Crippen LogP contribution in [0.3, 0.4) is 0 Å². The number of pyridine rings is 1. The number of esters is 1. The zero-order valence-electron chi connectivity index (χ0n) is 9.67. The summed E-state index contributed by atoms with van der Waals surface area (Å²) in [5.74, 6) is -0.605. The monoisotopic (exact) mass is 244 g/mol. The molecule has 0 bridgehead atoms. The van der Waals surface area contributed by atoms with Crippen molar-refractivity contribution in [1.29, 1.82) is 0 Å². The zero-order valence-corrected chi connectivity index (χ0v) is 9.67. The lowest BCUT2D eigenvalue weighted by atomic mass is 10.1. The van der Waals surface area contributed by atoms with Crippen molar-refractivity contribution in [3.8, 4) is 0 Å². The second-order valence-electron chi connectivity index (χ2n) is 3.55. The Morgan fingerprint density at radius 1 is 1.53 bits per heavy atom. The van der Waals surface area contributed by atoms with E-state index in [2.05, 4.69) is 9.72 Å². The van der Waals surface area contributed by atoms with E-state index in [0.29, 0.717) is 11.3 Å². The molecule has 1 aromatic heterocycles. The van der Waals surface area contributed by atoms with Crippen molar-refractivity contribution in [3.63, 3.8) is 0 Å². The number of hydrogen-bond donors (Lipinski definition) is 1. The maximum absolute atomic E-state index is 12.8. The Hall–Kier alpha value is -1.56. The lowest BCUT2D eigenvalue weighted by molar-refractivity contribution is -0.139. The van der Waals surface area contributed by atoms with Crippen LogP contribution in [0.25, 0.3) is 0 Å². The number of carbonyl (C=O) groups excluding carboxylic acids is 1. The lowest BCUT2D eigenvalue weighted by Gasteiger charge is -2.11. The highest BCUT2D eigenvalue weighted by Gasteiger charge is 2.19. The second-order valence-corrected chi connectivity index (χ2v) is 3.55. The fraction of sp³-hybridized carbons (Fsp3) is 0.455. The third kappa shape index (κ3) is 3.20. The molecule has 17 heavy (non-hydrogen) atoms. The molecule has 94 valence electrons. The minimum atomic E-state index is -2.67. The van der Waals surface area contributed by atoms with Crippen molar-refractivity contribution in [1.82, 2.24) is 4.98 Å². The molecular weight excluding hydrogens is 230 g/mol. The van der Waals surface area contributed by atoms with Crippen LogP contribution in [-0.4, -0.2) is 18.1 Å². The summed E-state index contributed by atoms with van der Waals surface area (Å²) in [6.45, 7) is 1.80. The van der Waals surface area contributed by atoms with E-state index in [9.17, 15) is 13.6 Å². The Morgan fingerprint density at radius 3 is 2.65 bits per heavy atom. The smallest absolute Gasteiger partial charge is 0.311 e. The van der Waals surface area contributed by atoms with E-state index in [1.54, 1.807) is 6.92 Å². The molecule has 0 aromatic carbocycles. The highest BCUT2D eigenvalue weighted by atomic mass is 19.3. The number of alkyl halides is 2. The van der Waals surface area contributed by atoms with Gasteiger partial charge in [0.25, 0.3) is 6.43 Å². The molecule has 0 aliphatic carbocycles. The van der Waals surface area contributed by atoms with Gasteiger partial charge in [0.1, 0.15) is 0 Å². The fourth-order valence-electron chi connectivity index (χ4n) is 1.46. The van der Waals surface area contributed by atoms with Crippen LogP contribution in [-0.2, 0) is 22.5 Å². The van der Waals surface area contributed by atoms with Crippen LogP contribution in [0.15, 0.2) is 6.07 Å². The summed E-state index contributed by atoms with van der Waals surface area (Å²) in [5, 5.41) is 0. The lowest BCUT2D eigenvalue weighted by Crippen LogP contribution is -2.13. The summed E-state index contributed by atoms with van der Waals surface area (Å²) < 4.78 is 30.0. The fourth-order valence-corrected chi connectivity index (χ4v) is 1.46. The van der Waals surface area contributed by atoms with Crippen LogP contribution >= 0.6 is 0 Å². The van der Waals surface area contributed by atoms with E-state index in [1.165, 1.54) is 13.2 Å². The Balaban J connectivity index is 3.19. The van der Waals surface area contributed by atoms with Gasteiger partial charge in [-0.1, -0.05) is 0 Å². The molecule has 0 spiro atoms. The van der Waals surface area contributed by atoms with Crippen molar-refractivity contribution in [2.24, 2.45) is 5.73 Å². The molecule has 0 atom stereocenters. The summed E-state index contributed by atoms with van der Waals surface area (Å²) in [5.41, 5.74) is 6.33. The Morgan fingerprint density at radius 2 is 2.18 bits per heavy atom. The third-order valence-electron chi connectivity index (χ3n) is 2.40. The number of aryl methyl sites for hydroxylation is 1. The number of nitrogens with two attached hydrogens (primary N) is 1. The Kier molecular flexibility index (Phi) is 4.51. The van der Waals surface area contributed by atoms with Gasteiger partial charge in [-0.05, 0) is 18.6 Å². The molecular formula is C11H14F2N2O2. The second kappa shape index (κ2) is 5.67. The van der Waals surface area contributed by atoms with Gasteiger partial charge in [-0.3, -0.25) is 9.78 Å². The quantitative estimate of drug-likeness (QED) is 0.815. The van der Waals surface area contributed by atoms with Gasteiger partial charge in [0.05, 0.1) is 24.9 Å². The molecule has 1 heterocycles. The first kappa shape index (κ1) is 13.5. The number of methoxy groups -OCH3 is 1. The SMILES string of the molecule is COC(=O)Cc1nc(CN)c(C)cc1C(F)F. The van der Waals surface area contributed by atoms with E-state index >= 15 is 0 Å². The molecule has 0 amide bonds. The predicted octanol–water partition coefficient (Wildman–Crippen LogP) is 1.50. The number of ether oxygens (including phenoxy) is 1. The molecule has 0 saturated heterocycles. The van der Waals surface area contributed by atoms with E-state index in [4.69, 9.17) is 5.73 Å². The van der Waals surface area contributed by atoms with Crippen LogP contribution in [0, 0.1) is 6.92 Å². The summed E-state index contributed by atoms with van der Waals surface area (Å²) in [7, 11) is 1.20. The average molecular weight is 244 g/mol. The van der Waals surface area contributed by atoms with Gasteiger partial charge in [-0.15, -0.1) is 0 Å². The minimum absolute atomic E-state index is 0.0258. The minimum Gasteiger partial charge on any atom is -0.469 e. The number of halogens is 2. The van der Waals surface area contributed by atoms with E-state index in [0.717, 1.165) is 0 Å². The topological polar surface area (TPSA) is 65.2 Å². The maximum Gasteiger partial charge on any atom is 0.311 e. The molecule has 4 nitrogen and oxygen atoms in total. The number of aromatic nitrogens is 1. The molecule has 0 saturated carbocycles. The molecule has 0 aliphatic heterocycles. The summed E-state index contributed by atoms with van der Waals surface area (Å²) in [6.07, 6.45) is -2.95. The normalized spacial score (nSPS) is 10.7. The molecule has 2 N–H and O–H groups in total. The van der Waals surface area contributed by atoms with Gasteiger partial charge in [0, 0.05) is 12.1 Å². The summed E-state index contributed by atoms with van der Waals surface area (Å²) in [4.78, 5) is 15.1. The Labute approximate surface area is 97.8 Å². The van der Waals surface area contributed by atoms with Gasteiger partial charge in [-0.25, -0.2) is 8.78 Å². The highest BCUT2D eigenvalue weighted by molar-refractivity contribution is 5.72. The highest BCUT2D eigenvalue weighted by Crippen LogP contribution is 2.24. The van der Waals surface area contributed by atoms with Gasteiger partial charge >= 0.3 is 5.97 Å². The van der Waals surface area contributed by atoms with Crippen molar-refractivity contribution in [3.05, 3.63) is 28.6 Å². The van der Waals surface area contributed by atoms with E-state index < -0.39 is 12.4 Å². The molecule has 0 aliphatic rings. The van der Waals surface area contributed by atoms with Crippen molar-refractivity contribution < 1.29 is 18.3 Å². The first-order valence-corrected chi connectivity index (χ1v) is 5.04. The molecule has 1 aromatic rings. The number of rotatable bonds is 4. The largest absolute Gasteiger partial charge is 0.469 e. The van der Waals surface area contributed by atoms with Crippen LogP contribution in [0.4, 0.5) is 8.78 Å².